The molecule has 38 heavy (non-hydrogen) atoms. The van der Waals surface area contributed by atoms with Gasteiger partial charge in [0.05, 0.1) is 0 Å². The van der Waals surface area contributed by atoms with Gasteiger partial charge in [-0.2, -0.15) is 4.99 Å². The molecule has 11 heteroatoms. The standard InChI is InChI=1S/C27H27F3N6OS/c1-36(2)21-11-7-20(8-12-21)34-26(38)35-24-15-23(24)17-3-5-18(6-4-17)25(31)33-16-32-19-9-13-22(14-10-19)37-27(28,29)30/h3-14,16,23-24H,15H2,1-2H3,(H2,31,32,33)(H2,34,35,38)/p+1. The molecule has 1 aliphatic carbocycles. The van der Waals surface area contributed by atoms with Crippen LogP contribution in [0.2, 0.25) is 0 Å². The first-order valence-electron chi connectivity index (χ1n) is 11.8. The van der Waals surface area contributed by atoms with Crippen molar-refractivity contribution in [2.75, 3.05) is 24.3 Å². The highest BCUT2D eigenvalue weighted by Gasteiger charge is 2.38. The molecule has 7 nitrogen and oxygen atoms in total. The minimum absolute atomic E-state index is 0.0842. The average Bonchev–Trinajstić information content (AvgIpc) is 3.63. The Morgan fingerprint density at radius 3 is 2.32 bits per heavy atom. The van der Waals surface area contributed by atoms with Gasteiger partial charge in [0.2, 0.25) is 0 Å². The molecule has 2 unspecified atom stereocenters. The maximum Gasteiger partial charge on any atom is 0.573 e. The number of benzene rings is 3. The van der Waals surface area contributed by atoms with Crippen molar-refractivity contribution in [2.24, 2.45) is 4.99 Å². The molecule has 0 radical (unpaired) electrons. The van der Waals surface area contributed by atoms with Crippen LogP contribution < -0.4 is 25.6 Å². The Labute approximate surface area is 224 Å². The van der Waals surface area contributed by atoms with Crippen molar-refractivity contribution in [1.29, 1.82) is 5.41 Å². The monoisotopic (exact) mass is 541 g/mol. The topological polar surface area (TPSA) is 89.4 Å². The number of rotatable bonds is 8. The van der Waals surface area contributed by atoms with Crippen LogP contribution in [-0.4, -0.2) is 43.8 Å². The summed E-state index contributed by atoms with van der Waals surface area (Å²) in [6.45, 7) is 0. The SMILES string of the molecule is CN(C)c1ccc(NC(=S)NC2CC2c2ccc(C(=N)N=C[NH2+]c3ccc(OC(F)(F)F)cc3)cc2)cc1. The van der Waals surface area contributed by atoms with E-state index in [1.54, 1.807) is 5.32 Å². The van der Waals surface area contributed by atoms with Gasteiger partial charge in [0, 0.05) is 55.1 Å². The molecule has 1 saturated carbocycles. The highest BCUT2D eigenvalue weighted by Crippen LogP contribution is 2.40. The van der Waals surface area contributed by atoms with Gasteiger partial charge in [-0.1, -0.05) is 24.3 Å². The molecule has 0 spiro atoms. The lowest BCUT2D eigenvalue weighted by Crippen LogP contribution is -2.76. The van der Waals surface area contributed by atoms with Gasteiger partial charge in [0.25, 0.3) is 0 Å². The fraction of sp³-hybridized carbons (Fsp3) is 0.222. The number of hydrogen-bond acceptors (Lipinski definition) is 4. The highest BCUT2D eigenvalue weighted by molar-refractivity contribution is 7.80. The molecule has 3 aromatic carbocycles. The second kappa shape index (κ2) is 11.6. The van der Waals surface area contributed by atoms with Crippen molar-refractivity contribution < 1.29 is 23.2 Å². The number of nitrogens with zero attached hydrogens (tertiary/aromatic N) is 2. The molecule has 0 bridgehead atoms. The van der Waals surface area contributed by atoms with Crippen LogP contribution in [0, 0.1) is 5.41 Å². The number of anilines is 2. The van der Waals surface area contributed by atoms with Crippen LogP contribution in [0.4, 0.5) is 30.2 Å². The lowest BCUT2D eigenvalue weighted by atomic mass is 10.1. The highest BCUT2D eigenvalue weighted by atomic mass is 32.1. The third-order valence-electron chi connectivity index (χ3n) is 5.95. The molecule has 0 aliphatic heterocycles. The molecule has 0 aromatic heterocycles. The van der Waals surface area contributed by atoms with E-state index >= 15 is 0 Å². The van der Waals surface area contributed by atoms with Crippen LogP contribution in [-0.2, 0) is 0 Å². The summed E-state index contributed by atoms with van der Waals surface area (Å²) in [5.41, 5.74) is 4.50. The van der Waals surface area contributed by atoms with Crippen LogP contribution in [0.3, 0.4) is 0 Å². The van der Waals surface area contributed by atoms with Crippen LogP contribution in [0.1, 0.15) is 23.5 Å². The number of nitrogens with two attached hydrogens (primary N) is 1. The molecular formula is C27H28F3N6OS+. The molecule has 4 rings (SSSR count). The molecule has 1 fully saturated rings. The largest absolute Gasteiger partial charge is 0.573 e. The van der Waals surface area contributed by atoms with Crippen molar-refractivity contribution in [3.05, 3.63) is 83.9 Å². The molecule has 3 aromatic rings. The summed E-state index contributed by atoms with van der Waals surface area (Å²) in [5.74, 6) is 0.136. The van der Waals surface area contributed by atoms with Gasteiger partial charge in [-0.15, -0.1) is 13.2 Å². The number of nitrogens with one attached hydrogen (secondary N) is 3. The van der Waals surface area contributed by atoms with Crippen molar-refractivity contribution >= 4 is 46.6 Å². The number of thiocarbonyl (C=S) groups is 1. The second-order valence-electron chi connectivity index (χ2n) is 9.02. The second-order valence-corrected chi connectivity index (χ2v) is 9.43. The number of halogens is 3. The van der Waals surface area contributed by atoms with Crippen molar-refractivity contribution in [2.45, 2.75) is 24.7 Å². The Kier molecular flexibility index (Phi) is 8.28. The zero-order valence-electron chi connectivity index (χ0n) is 20.8. The van der Waals surface area contributed by atoms with Gasteiger partial charge < -0.3 is 20.3 Å². The zero-order chi connectivity index (χ0) is 27.3. The number of alkyl halides is 3. The van der Waals surface area contributed by atoms with E-state index in [1.165, 1.54) is 30.6 Å². The van der Waals surface area contributed by atoms with Gasteiger partial charge in [0.15, 0.2) is 17.3 Å². The summed E-state index contributed by atoms with van der Waals surface area (Å²) in [4.78, 5) is 6.16. The number of quaternary nitrogens is 1. The fourth-order valence-electron chi connectivity index (χ4n) is 3.84. The van der Waals surface area contributed by atoms with E-state index in [0.717, 1.165) is 23.4 Å². The molecule has 198 valence electrons. The van der Waals surface area contributed by atoms with Crippen LogP contribution in [0.25, 0.3) is 0 Å². The number of amidine groups is 1. The minimum Gasteiger partial charge on any atom is -0.406 e. The first-order chi connectivity index (χ1) is 18.1. The van der Waals surface area contributed by atoms with Crippen LogP contribution >= 0.6 is 12.2 Å². The lowest BCUT2D eigenvalue weighted by molar-refractivity contribution is -0.432. The predicted octanol–water partition coefficient (Wildman–Crippen LogP) is 4.74. The Bertz CT molecular complexity index is 1290. The van der Waals surface area contributed by atoms with Crippen molar-refractivity contribution in [3.8, 4) is 5.75 Å². The van der Waals surface area contributed by atoms with E-state index in [1.807, 2.05) is 67.5 Å². The molecule has 2 atom stereocenters. The van der Waals surface area contributed by atoms with E-state index in [4.69, 9.17) is 17.6 Å². The number of hydrogen-bond donors (Lipinski definition) is 4. The first-order valence-corrected chi connectivity index (χ1v) is 12.3. The summed E-state index contributed by atoms with van der Waals surface area (Å²) >= 11 is 5.47. The third kappa shape index (κ3) is 7.77. The van der Waals surface area contributed by atoms with Crippen molar-refractivity contribution in [3.63, 3.8) is 0 Å². The van der Waals surface area contributed by atoms with Gasteiger partial charge in [-0.3, -0.25) is 10.7 Å². The average molecular weight is 542 g/mol. The Balaban J connectivity index is 1.23. The number of aliphatic imine (C=N–C) groups is 1. The van der Waals surface area contributed by atoms with E-state index < -0.39 is 6.36 Å². The normalized spacial score (nSPS) is 16.7. The fourth-order valence-corrected chi connectivity index (χ4v) is 4.11. The van der Waals surface area contributed by atoms with Gasteiger partial charge in [-0.05, 0) is 60.6 Å². The van der Waals surface area contributed by atoms with Gasteiger partial charge >= 0.3 is 6.36 Å². The quantitative estimate of drug-likeness (QED) is 0.143. The van der Waals surface area contributed by atoms with Gasteiger partial charge in [-0.25, -0.2) is 0 Å². The molecule has 1 aliphatic rings. The van der Waals surface area contributed by atoms with Crippen molar-refractivity contribution in [1.82, 2.24) is 5.32 Å². The Hall–Kier alpha value is -3.96. The predicted molar refractivity (Wildman–Crippen MR) is 148 cm³/mol. The molecule has 5 N–H and O–H groups in total. The Morgan fingerprint density at radius 2 is 1.71 bits per heavy atom. The Morgan fingerprint density at radius 1 is 1.05 bits per heavy atom. The van der Waals surface area contributed by atoms with Crippen LogP contribution in [0.15, 0.2) is 77.8 Å². The molecule has 0 saturated heterocycles. The van der Waals surface area contributed by atoms with E-state index in [9.17, 15) is 13.2 Å². The van der Waals surface area contributed by atoms with E-state index in [-0.39, 0.29) is 17.6 Å². The maximum absolute atomic E-state index is 12.3. The summed E-state index contributed by atoms with van der Waals surface area (Å²) in [6.07, 6.45) is -2.31. The van der Waals surface area contributed by atoms with E-state index in [2.05, 4.69) is 20.4 Å². The summed E-state index contributed by atoms with van der Waals surface area (Å²) in [7, 11) is 3.99. The van der Waals surface area contributed by atoms with Crippen LogP contribution in [0.5, 0.6) is 5.75 Å². The third-order valence-corrected chi connectivity index (χ3v) is 6.16. The van der Waals surface area contributed by atoms with Gasteiger partial charge in [0.1, 0.15) is 11.4 Å². The molecule has 0 amide bonds. The number of ether oxygens (including phenoxy) is 1. The summed E-state index contributed by atoms with van der Waals surface area (Å²) in [6, 6.07) is 21.4. The molecule has 0 heterocycles. The first kappa shape index (κ1) is 27.1. The lowest BCUT2D eigenvalue weighted by Gasteiger charge is -2.14. The summed E-state index contributed by atoms with van der Waals surface area (Å²) < 4.78 is 40.6. The van der Waals surface area contributed by atoms with E-state index in [0.29, 0.717) is 22.3 Å². The molecular weight excluding hydrogens is 513 g/mol. The summed E-state index contributed by atoms with van der Waals surface area (Å²) in [5, 5.41) is 17.0. The smallest absolute Gasteiger partial charge is 0.406 e. The maximum atomic E-state index is 12.3. The minimum atomic E-state index is -4.72. The zero-order valence-corrected chi connectivity index (χ0v) is 21.6.